The Morgan fingerprint density at radius 1 is 1.52 bits per heavy atom. The molecular formula is C16H22FNO2S. The van der Waals surface area contributed by atoms with Crippen LogP contribution >= 0.6 is 11.8 Å². The van der Waals surface area contributed by atoms with Gasteiger partial charge in [-0.05, 0) is 56.2 Å². The fourth-order valence-corrected chi connectivity index (χ4v) is 3.99. The number of carbonyl (C=O) groups is 1. The van der Waals surface area contributed by atoms with E-state index in [4.69, 9.17) is 4.74 Å². The highest BCUT2D eigenvalue weighted by Crippen LogP contribution is 2.38. The van der Waals surface area contributed by atoms with Crippen LogP contribution in [0.4, 0.5) is 10.1 Å². The van der Waals surface area contributed by atoms with Crippen LogP contribution < -0.4 is 5.32 Å². The number of aryl methyl sites for hydroxylation is 1. The van der Waals surface area contributed by atoms with E-state index in [1.807, 2.05) is 19.9 Å². The Bertz CT molecular complexity index is 503. The van der Waals surface area contributed by atoms with Gasteiger partial charge in [0.25, 0.3) is 0 Å². The maximum atomic E-state index is 13.6. The zero-order valence-electron chi connectivity index (χ0n) is 12.7. The summed E-state index contributed by atoms with van der Waals surface area (Å²) in [6.45, 7) is 6.02. The van der Waals surface area contributed by atoms with Crippen LogP contribution in [-0.4, -0.2) is 29.1 Å². The first-order valence-electron chi connectivity index (χ1n) is 7.32. The first-order valence-corrected chi connectivity index (χ1v) is 8.37. The van der Waals surface area contributed by atoms with Crippen molar-refractivity contribution in [3.05, 3.63) is 29.6 Å². The monoisotopic (exact) mass is 311 g/mol. The van der Waals surface area contributed by atoms with Crippen LogP contribution in [0.1, 0.15) is 32.3 Å². The number of hydrogen-bond acceptors (Lipinski definition) is 4. The van der Waals surface area contributed by atoms with Crippen molar-refractivity contribution in [1.82, 2.24) is 0 Å². The smallest absolute Gasteiger partial charge is 0.332 e. The zero-order chi connectivity index (χ0) is 15.5. The normalized spacial score (nSPS) is 25.4. The number of halogens is 1. The lowest BCUT2D eigenvalue weighted by Gasteiger charge is -2.41. The van der Waals surface area contributed by atoms with Gasteiger partial charge in [-0.25, -0.2) is 9.18 Å². The van der Waals surface area contributed by atoms with Gasteiger partial charge in [0, 0.05) is 10.9 Å². The van der Waals surface area contributed by atoms with E-state index >= 15 is 0 Å². The van der Waals surface area contributed by atoms with Gasteiger partial charge in [0.15, 0.2) is 0 Å². The molecule has 1 aromatic rings. The molecule has 116 valence electrons. The SMILES string of the molecule is CCOC(=O)C1(Nc2cc(C)cc(F)c2)CCCSC1C. The number of carbonyl (C=O) groups excluding carboxylic acids is 1. The molecule has 0 amide bonds. The lowest BCUT2D eigenvalue weighted by Crippen LogP contribution is -2.56. The van der Waals surface area contributed by atoms with Gasteiger partial charge in [0.05, 0.1) is 6.61 Å². The molecule has 21 heavy (non-hydrogen) atoms. The van der Waals surface area contributed by atoms with Crippen LogP contribution in [0, 0.1) is 12.7 Å². The van der Waals surface area contributed by atoms with Gasteiger partial charge in [-0.1, -0.05) is 6.92 Å². The summed E-state index contributed by atoms with van der Waals surface area (Å²) in [5.41, 5.74) is 0.682. The Kier molecular flexibility index (Phi) is 5.14. The highest BCUT2D eigenvalue weighted by molar-refractivity contribution is 8.00. The molecule has 1 aromatic carbocycles. The second kappa shape index (κ2) is 6.69. The van der Waals surface area contributed by atoms with Gasteiger partial charge in [-0.2, -0.15) is 11.8 Å². The predicted molar refractivity (Wildman–Crippen MR) is 85.3 cm³/mol. The molecule has 0 aliphatic carbocycles. The maximum absolute atomic E-state index is 13.6. The summed E-state index contributed by atoms with van der Waals surface area (Å²) in [5, 5.41) is 3.35. The van der Waals surface area contributed by atoms with Crippen LogP contribution in [0.5, 0.6) is 0 Å². The molecule has 0 bridgehead atoms. The lowest BCUT2D eigenvalue weighted by molar-refractivity contribution is -0.148. The average Bonchev–Trinajstić information content (AvgIpc) is 2.40. The van der Waals surface area contributed by atoms with Crippen molar-refractivity contribution in [2.45, 2.75) is 44.4 Å². The van der Waals surface area contributed by atoms with Crippen molar-refractivity contribution in [3.8, 4) is 0 Å². The summed E-state index contributed by atoms with van der Waals surface area (Å²) in [6.07, 6.45) is 1.64. The third kappa shape index (κ3) is 3.51. The minimum absolute atomic E-state index is 0.0777. The summed E-state index contributed by atoms with van der Waals surface area (Å²) in [7, 11) is 0. The van der Waals surface area contributed by atoms with Gasteiger partial charge in [0.2, 0.25) is 0 Å². The molecule has 0 spiro atoms. The second-order valence-corrected chi connectivity index (χ2v) is 6.90. The number of thioether (sulfide) groups is 1. The summed E-state index contributed by atoms with van der Waals surface area (Å²) in [6, 6.07) is 4.76. The molecule has 2 unspecified atom stereocenters. The van der Waals surface area contributed by atoms with Crippen LogP contribution in [0.15, 0.2) is 18.2 Å². The highest BCUT2D eigenvalue weighted by atomic mass is 32.2. The number of ether oxygens (including phenoxy) is 1. The van der Waals surface area contributed by atoms with E-state index in [1.165, 1.54) is 12.1 Å². The van der Waals surface area contributed by atoms with E-state index in [0.717, 1.165) is 17.7 Å². The number of esters is 1. The third-order valence-corrected chi connectivity index (χ3v) is 5.25. The van der Waals surface area contributed by atoms with Gasteiger partial charge >= 0.3 is 5.97 Å². The zero-order valence-corrected chi connectivity index (χ0v) is 13.6. The molecule has 1 N–H and O–H groups in total. The quantitative estimate of drug-likeness (QED) is 0.859. The van der Waals surface area contributed by atoms with E-state index in [2.05, 4.69) is 5.32 Å². The first kappa shape index (κ1) is 16.1. The molecule has 1 aliphatic heterocycles. The lowest BCUT2D eigenvalue weighted by atomic mass is 9.89. The number of hydrogen-bond donors (Lipinski definition) is 1. The largest absolute Gasteiger partial charge is 0.464 e. The Labute approximate surface area is 129 Å². The summed E-state index contributed by atoms with van der Waals surface area (Å²) < 4.78 is 18.9. The van der Waals surface area contributed by atoms with Crippen molar-refractivity contribution >= 4 is 23.4 Å². The molecule has 0 aromatic heterocycles. The maximum Gasteiger partial charge on any atom is 0.332 e. The number of anilines is 1. The highest BCUT2D eigenvalue weighted by Gasteiger charge is 2.47. The minimum Gasteiger partial charge on any atom is -0.464 e. The van der Waals surface area contributed by atoms with Crippen LogP contribution in [0.3, 0.4) is 0 Å². The molecule has 2 atom stereocenters. The van der Waals surface area contributed by atoms with E-state index in [-0.39, 0.29) is 17.0 Å². The van der Waals surface area contributed by atoms with Crippen molar-refractivity contribution in [1.29, 1.82) is 0 Å². The Balaban J connectivity index is 2.33. The van der Waals surface area contributed by atoms with E-state index in [0.29, 0.717) is 18.7 Å². The summed E-state index contributed by atoms with van der Waals surface area (Å²) in [4.78, 5) is 12.5. The molecule has 1 heterocycles. The molecule has 3 nitrogen and oxygen atoms in total. The summed E-state index contributed by atoms with van der Waals surface area (Å²) in [5.74, 6) is 0.492. The number of nitrogens with one attached hydrogen (secondary N) is 1. The molecule has 1 fully saturated rings. The second-order valence-electron chi connectivity index (χ2n) is 5.45. The van der Waals surface area contributed by atoms with Crippen molar-refractivity contribution in [2.24, 2.45) is 0 Å². The van der Waals surface area contributed by atoms with Gasteiger partial charge in [-0.3, -0.25) is 0 Å². The average molecular weight is 311 g/mol. The van der Waals surface area contributed by atoms with Crippen LogP contribution in [0.25, 0.3) is 0 Å². The third-order valence-electron chi connectivity index (χ3n) is 3.83. The van der Waals surface area contributed by atoms with E-state index in [9.17, 15) is 9.18 Å². The Morgan fingerprint density at radius 3 is 2.90 bits per heavy atom. The van der Waals surface area contributed by atoms with Crippen molar-refractivity contribution in [3.63, 3.8) is 0 Å². The van der Waals surface area contributed by atoms with Crippen LogP contribution in [-0.2, 0) is 9.53 Å². The topological polar surface area (TPSA) is 38.3 Å². The molecule has 5 heteroatoms. The standard InChI is InChI=1S/C16H22FNO2S/c1-4-20-15(19)16(6-5-7-21-12(16)3)18-14-9-11(2)8-13(17)10-14/h8-10,12,18H,4-7H2,1-3H3. The van der Waals surface area contributed by atoms with Crippen LogP contribution in [0.2, 0.25) is 0 Å². The fraction of sp³-hybridized carbons (Fsp3) is 0.562. The number of rotatable bonds is 4. The number of benzene rings is 1. The van der Waals surface area contributed by atoms with E-state index in [1.54, 1.807) is 18.7 Å². The Morgan fingerprint density at radius 2 is 2.29 bits per heavy atom. The van der Waals surface area contributed by atoms with Gasteiger partial charge < -0.3 is 10.1 Å². The molecule has 1 aliphatic rings. The van der Waals surface area contributed by atoms with Gasteiger partial charge in [0.1, 0.15) is 11.4 Å². The minimum atomic E-state index is -0.779. The molecule has 2 rings (SSSR count). The fourth-order valence-electron chi connectivity index (χ4n) is 2.77. The summed E-state index contributed by atoms with van der Waals surface area (Å²) >= 11 is 1.75. The van der Waals surface area contributed by atoms with Gasteiger partial charge in [-0.15, -0.1) is 0 Å². The van der Waals surface area contributed by atoms with E-state index < -0.39 is 5.54 Å². The molecule has 1 saturated heterocycles. The molecular weight excluding hydrogens is 289 g/mol. The first-order chi connectivity index (χ1) is 9.98. The predicted octanol–water partition coefficient (Wildman–Crippen LogP) is 3.76. The molecule has 0 saturated carbocycles. The molecule has 0 radical (unpaired) electrons. The Hall–Kier alpha value is -1.23. The van der Waals surface area contributed by atoms with Crippen molar-refractivity contribution in [2.75, 3.05) is 17.7 Å². The van der Waals surface area contributed by atoms with Crippen molar-refractivity contribution < 1.29 is 13.9 Å².